The number of hydrogen-bond donors (Lipinski definition) is 2. The molecule has 6 nitrogen and oxygen atoms in total. The van der Waals surface area contributed by atoms with E-state index in [0.717, 1.165) is 0 Å². The molecule has 0 aliphatic carbocycles. The summed E-state index contributed by atoms with van der Waals surface area (Å²) in [4.78, 5) is 26.2. The van der Waals surface area contributed by atoms with Crippen molar-refractivity contribution in [1.29, 1.82) is 0 Å². The first-order chi connectivity index (χ1) is 13.9. The van der Waals surface area contributed by atoms with Crippen LogP contribution in [0.25, 0.3) is 0 Å². The lowest BCUT2D eigenvalue weighted by atomic mass is 9.97. The lowest BCUT2D eigenvalue weighted by Crippen LogP contribution is -2.37. The van der Waals surface area contributed by atoms with Crippen LogP contribution in [0.1, 0.15) is 18.0 Å². The van der Waals surface area contributed by atoms with E-state index in [4.69, 9.17) is 21.4 Å². The molecule has 0 saturated carbocycles. The van der Waals surface area contributed by atoms with Crippen LogP contribution in [0.15, 0.2) is 53.1 Å². The zero-order valence-corrected chi connectivity index (χ0v) is 17.4. The van der Waals surface area contributed by atoms with Gasteiger partial charge in [-0.25, -0.2) is 9.18 Å². The van der Waals surface area contributed by atoms with Gasteiger partial charge in [0.05, 0.1) is 23.4 Å². The first-order valence-electron chi connectivity index (χ1n) is 8.67. The fourth-order valence-corrected chi connectivity index (χ4v) is 3.66. The lowest BCUT2D eigenvalue weighted by molar-refractivity contribution is -0.116. The number of aliphatic hydroxyl groups excluding tert-OH is 1. The van der Waals surface area contributed by atoms with Crippen LogP contribution in [0.3, 0.4) is 0 Å². The number of hydrogen-bond acceptors (Lipinski definition) is 4. The van der Waals surface area contributed by atoms with E-state index in [-0.39, 0.29) is 25.4 Å². The van der Waals surface area contributed by atoms with Gasteiger partial charge in [-0.05, 0) is 45.8 Å². The number of nitrogens with one attached hydrogen (secondary N) is 1. The summed E-state index contributed by atoms with van der Waals surface area (Å²) < 4.78 is 19.2. The van der Waals surface area contributed by atoms with Crippen LogP contribution in [-0.4, -0.2) is 35.0 Å². The molecular weight excluding hydrogens is 467 g/mol. The molecular formula is C20H17BrClFN2O4. The zero-order valence-electron chi connectivity index (χ0n) is 15.1. The van der Waals surface area contributed by atoms with Crippen LogP contribution >= 0.6 is 27.5 Å². The van der Waals surface area contributed by atoms with Crippen molar-refractivity contribution in [3.05, 3.63) is 69.6 Å². The van der Waals surface area contributed by atoms with Gasteiger partial charge >= 0.3 is 6.03 Å². The SMILES string of the molecule is O=C1C=CN(C(=O)Nc2cc(OCCO)c(Cl)cc2Br)[C@H](c2ccc(F)cc2)C1. The Kier molecular flexibility index (Phi) is 6.89. The second-order valence-corrected chi connectivity index (χ2v) is 7.49. The highest BCUT2D eigenvalue weighted by molar-refractivity contribution is 9.10. The summed E-state index contributed by atoms with van der Waals surface area (Å²) >= 11 is 9.46. The number of rotatable bonds is 5. The monoisotopic (exact) mass is 482 g/mol. The van der Waals surface area contributed by atoms with Crippen LogP contribution in [0.2, 0.25) is 5.02 Å². The van der Waals surface area contributed by atoms with Gasteiger partial charge in [0.25, 0.3) is 0 Å². The van der Waals surface area contributed by atoms with Crippen molar-refractivity contribution in [3.8, 4) is 5.75 Å². The minimum atomic E-state index is -0.565. The smallest absolute Gasteiger partial charge is 0.326 e. The molecule has 0 spiro atoms. The van der Waals surface area contributed by atoms with Crippen LogP contribution in [0.5, 0.6) is 5.75 Å². The van der Waals surface area contributed by atoms with Crippen molar-refractivity contribution in [2.24, 2.45) is 0 Å². The van der Waals surface area contributed by atoms with E-state index >= 15 is 0 Å². The fraction of sp³-hybridized carbons (Fsp3) is 0.200. The quantitative estimate of drug-likeness (QED) is 0.648. The number of carbonyl (C=O) groups excluding carboxylic acids is 2. The molecule has 9 heteroatoms. The van der Waals surface area contributed by atoms with Gasteiger partial charge in [-0.1, -0.05) is 23.7 Å². The Morgan fingerprint density at radius 2 is 2.07 bits per heavy atom. The van der Waals surface area contributed by atoms with Crippen molar-refractivity contribution in [1.82, 2.24) is 4.90 Å². The predicted molar refractivity (Wildman–Crippen MR) is 110 cm³/mol. The third-order valence-corrected chi connectivity index (χ3v) is 5.20. The second-order valence-electron chi connectivity index (χ2n) is 6.23. The standard InChI is InChI=1S/C20H17BrClFN2O4/c21-15-10-16(22)19(29-8-7-26)11-17(15)24-20(28)25-6-5-14(27)9-18(25)12-1-3-13(23)4-2-12/h1-6,10-11,18,26H,7-9H2,(H,24,28)/t18-/m0/s1. The van der Waals surface area contributed by atoms with Gasteiger partial charge in [0.15, 0.2) is 5.78 Å². The van der Waals surface area contributed by atoms with Crippen LogP contribution in [0, 0.1) is 5.82 Å². The Bertz CT molecular complexity index is 952. The Morgan fingerprint density at radius 3 is 2.76 bits per heavy atom. The number of urea groups is 1. The van der Waals surface area contributed by atoms with Crippen molar-refractivity contribution in [2.75, 3.05) is 18.5 Å². The number of benzene rings is 2. The zero-order chi connectivity index (χ0) is 21.0. The van der Waals surface area contributed by atoms with Crippen molar-refractivity contribution in [3.63, 3.8) is 0 Å². The maximum atomic E-state index is 13.3. The third-order valence-electron chi connectivity index (χ3n) is 4.25. The summed E-state index contributed by atoms with van der Waals surface area (Å²) in [7, 11) is 0. The van der Waals surface area contributed by atoms with Gasteiger partial charge in [0, 0.05) is 23.2 Å². The van der Waals surface area contributed by atoms with Crippen LogP contribution in [-0.2, 0) is 4.79 Å². The molecule has 0 saturated heterocycles. The number of anilines is 1. The molecule has 152 valence electrons. The molecule has 2 aromatic carbocycles. The number of halogens is 3. The molecule has 0 bridgehead atoms. The minimum Gasteiger partial charge on any atom is -0.490 e. The maximum absolute atomic E-state index is 13.3. The average molecular weight is 484 g/mol. The summed E-state index contributed by atoms with van der Waals surface area (Å²) in [5.74, 6) is -0.225. The molecule has 0 radical (unpaired) electrons. The van der Waals surface area contributed by atoms with Gasteiger partial charge in [0.2, 0.25) is 0 Å². The molecule has 0 unspecified atom stereocenters. The normalized spacial score (nSPS) is 16.1. The van der Waals surface area contributed by atoms with Crippen molar-refractivity contribution < 1.29 is 23.8 Å². The molecule has 3 rings (SSSR count). The first-order valence-corrected chi connectivity index (χ1v) is 9.84. The van der Waals surface area contributed by atoms with Gasteiger partial charge in [-0.2, -0.15) is 0 Å². The van der Waals surface area contributed by atoms with E-state index in [1.165, 1.54) is 35.4 Å². The minimum absolute atomic E-state index is 0.0539. The van der Waals surface area contributed by atoms with Crippen LogP contribution in [0.4, 0.5) is 14.9 Å². The summed E-state index contributed by atoms with van der Waals surface area (Å²) in [6, 6.07) is 7.72. The Balaban J connectivity index is 1.85. The van der Waals surface area contributed by atoms with Gasteiger partial charge in [0.1, 0.15) is 18.2 Å². The number of amides is 2. The summed E-state index contributed by atoms with van der Waals surface area (Å²) in [5, 5.41) is 12.0. The molecule has 2 amide bonds. The maximum Gasteiger partial charge on any atom is 0.326 e. The average Bonchev–Trinajstić information content (AvgIpc) is 2.69. The summed E-state index contributed by atoms with van der Waals surface area (Å²) in [5.41, 5.74) is 1.04. The van der Waals surface area contributed by atoms with Gasteiger partial charge < -0.3 is 15.2 Å². The predicted octanol–water partition coefficient (Wildman–Crippen LogP) is 4.67. The van der Waals surface area contributed by atoms with Crippen molar-refractivity contribution >= 4 is 45.0 Å². The molecule has 1 atom stereocenters. The Labute approximate surface area is 180 Å². The number of nitrogens with zero attached hydrogens (tertiary/aromatic N) is 1. The Hall–Kier alpha value is -2.42. The second kappa shape index (κ2) is 9.39. The number of ketones is 1. The van der Waals surface area contributed by atoms with E-state index in [1.54, 1.807) is 18.2 Å². The molecule has 0 aromatic heterocycles. The first kappa shape index (κ1) is 21.3. The lowest BCUT2D eigenvalue weighted by Gasteiger charge is -2.31. The molecule has 2 aromatic rings. The largest absolute Gasteiger partial charge is 0.490 e. The highest BCUT2D eigenvalue weighted by Gasteiger charge is 2.29. The molecule has 1 aliphatic rings. The van der Waals surface area contributed by atoms with Crippen LogP contribution < -0.4 is 10.1 Å². The van der Waals surface area contributed by atoms with E-state index in [1.807, 2.05) is 0 Å². The highest BCUT2D eigenvalue weighted by atomic mass is 79.9. The molecule has 0 fully saturated rings. The van der Waals surface area contributed by atoms with E-state index in [9.17, 15) is 14.0 Å². The number of allylic oxidation sites excluding steroid dienone is 1. The molecule has 1 aliphatic heterocycles. The van der Waals surface area contributed by atoms with Crippen molar-refractivity contribution in [2.45, 2.75) is 12.5 Å². The Morgan fingerprint density at radius 1 is 1.34 bits per heavy atom. The summed E-state index contributed by atoms with van der Waals surface area (Å²) in [6.07, 6.45) is 2.82. The van der Waals surface area contributed by atoms with Gasteiger partial charge in [-0.15, -0.1) is 0 Å². The molecule has 2 N–H and O–H groups in total. The fourth-order valence-electron chi connectivity index (χ4n) is 2.87. The molecule has 1 heterocycles. The number of carbonyl (C=O) groups is 2. The highest BCUT2D eigenvalue weighted by Crippen LogP contribution is 2.36. The number of aliphatic hydroxyl groups is 1. The van der Waals surface area contributed by atoms with E-state index in [2.05, 4.69) is 21.2 Å². The van der Waals surface area contributed by atoms with E-state index < -0.39 is 17.9 Å². The van der Waals surface area contributed by atoms with Gasteiger partial charge in [-0.3, -0.25) is 9.69 Å². The number of ether oxygens (including phenoxy) is 1. The summed E-state index contributed by atoms with van der Waals surface area (Å²) in [6.45, 7) is -0.127. The molecule has 29 heavy (non-hydrogen) atoms. The third kappa shape index (κ3) is 5.14. The topological polar surface area (TPSA) is 78.9 Å². The van der Waals surface area contributed by atoms with E-state index in [0.29, 0.717) is 26.5 Å².